The number of rotatable bonds is 5. The number of hydrogen-bond donors (Lipinski definition) is 1. The average Bonchev–Trinajstić information content (AvgIpc) is 2.53. The van der Waals surface area contributed by atoms with E-state index in [-0.39, 0.29) is 11.4 Å². The molecule has 8 heteroatoms. The van der Waals surface area contributed by atoms with Crippen molar-refractivity contribution in [2.45, 2.75) is 0 Å². The number of nitro groups is 1. The number of amides is 1. The molecule has 1 amide bonds. The van der Waals surface area contributed by atoms with Gasteiger partial charge < -0.3 is 9.57 Å². The van der Waals surface area contributed by atoms with Crippen LogP contribution in [0, 0.1) is 10.1 Å². The van der Waals surface area contributed by atoms with Crippen LogP contribution in [0.5, 0.6) is 5.75 Å². The Balaban J connectivity index is 1.99. The van der Waals surface area contributed by atoms with Gasteiger partial charge >= 0.3 is 6.09 Å². The van der Waals surface area contributed by atoms with Crippen LogP contribution in [0.4, 0.5) is 16.2 Å². The first-order valence-electron chi connectivity index (χ1n) is 6.48. The summed E-state index contributed by atoms with van der Waals surface area (Å²) in [6.07, 6.45) is 0.784. The Morgan fingerprint density at radius 2 is 2.00 bits per heavy atom. The summed E-state index contributed by atoms with van der Waals surface area (Å²) in [6, 6.07) is 12.1. The number of nitro benzene ring substituents is 1. The molecule has 2 aromatic rings. The Bertz CT molecular complexity index is 728. The molecular weight excluding hydrogens is 302 g/mol. The summed E-state index contributed by atoms with van der Waals surface area (Å²) in [5, 5.41) is 16.7. The Labute approximate surface area is 131 Å². The lowest BCUT2D eigenvalue weighted by molar-refractivity contribution is -0.384. The summed E-state index contributed by atoms with van der Waals surface area (Å²) in [5.74, 6) is 0.199. The summed E-state index contributed by atoms with van der Waals surface area (Å²) in [6.45, 7) is 0. The monoisotopic (exact) mass is 315 g/mol. The molecule has 2 aromatic carbocycles. The van der Waals surface area contributed by atoms with Crippen LogP contribution in [0.25, 0.3) is 0 Å². The van der Waals surface area contributed by atoms with Crippen molar-refractivity contribution in [3.05, 3.63) is 64.2 Å². The summed E-state index contributed by atoms with van der Waals surface area (Å²) >= 11 is 0. The third kappa shape index (κ3) is 4.81. The molecule has 0 bridgehead atoms. The highest BCUT2D eigenvalue weighted by Crippen LogP contribution is 2.18. The number of carbonyl (C=O) groups is 1. The maximum absolute atomic E-state index is 11.8. The minimum atomic E-state index is -0.709. The van der Waals surface area contributed by atoms with Gasteiger partial charge in [0.2, 0.25) is 0 Å². The third-order valence-corrected chi connectivity index (χ3v) is 2.70. The van der Waals surface area contributed by atoms with Crippen molar-refractivity contribution in [2.75, 3.05) is 12.4 Å². The fourth-order valence-corrected chi connectivity index (χ4v) is 1.70. The molecule has 0 aliphatic heterocycles. The van der Waals surface area contributed by atoms with E-state index in [0.717, 1.165) is 5.56 Å². The molecule has 2 rings (SSSR count). The first kappa shape index (κ1) is 16.0. The predicted molar refractivity (Wildman–Crippen MR) is 83.8 cm³/mol. The minimum absolute atomic E-state index is 0.0807. The van der Waals surface area contributed by atoms with E-state index in [1.165, 1.54) is 37.6 Å². The topological polar surface area (TPSA) is 103 Å². The number of non-ortho nitro benzene ring substituents is 1. The lowest BCUT2D eigenvalue weighted by Crippen LogP contribution is -2.16. The van der Waals surface area contributed by atoms with E-state index in [9.17, 15) is 14.9 Å². The molecule has 0 atom stereocenters. The zero-order valence-electron chi connectivity index (χ0n) is 12.1. The van der Waals surface area contributed by atoms with Crippen LogP contribution in [0.15, 0.2) is 53.7 Å². The number of ether oxygens (including phenoxy) is 1. The van der Waals surface area contributed by atoms with Gasteiger partial charge in [0.1, 0.15) is 12.9 Å². The molecule has 8 nitrogen and oxygen atoms in total. The molecule has 0 aliphatic carbocycles. The van der Waals surface area contributed by atoms with E-state index in [2.05, 4.69) is 15.3 Å². The molecule has 118 valence electrons. The summed E-state index contributed by atoms with van der Waals surface area (Å²) in [7, 11) is 1.43. The normalized spacial score (nSPS) is 10.3. The largest absolute Gasteiger partial charge is 0.417 e. The molecule has 0 aliphatic rings. The van der Waals surface area contributed by atoms with Gasteiger partial charge in [-0.3, -0.25) is 15.4 Å². The van der Waals surface area contributed by atoms with Gasteiger partial charge in [-0.25, -0.2) is 4.79 Å². The quantitative estimate of drug-likeness (QED) is 0.518. The Morgan fingerprint density at radius 1 is 1.26 bits per heavy atom. The number of nitrogens with one attached hydrogen (secondary N) is 1. The molecule has 1 N–H and O–H groups in total. The van der Waals surface area contributed by atoms with Crippen molar-refractivity contribution in [1.82, 2.24) is 0 Å². The van der Waals surface area contributed by atoms with Crippen molar-refractivity contribution >= 4 is 23.7 Å². The predicted octanol–water partition coefficient (Wildman–Crippen LogP) is 3.19. The summed E-state index contributed by atoms with van der Waals surface area (Å²) in [4.78, 5) is 26.4. The molecule has 0 spiro atoms. The van der Waals surface area contributed by atoms with E-state index in [1.807, 2.05) is 0 Å². The summed E-state index contributed by atoms with van der Waals surface area (Å²) < 4.78 is 5.04. The highest BCUT2D eigenvalue weighted by molar-refractivity contribution is 5.88. The number of carbonyl (C=O) groups excluding carboxylic acids is 1. The van der Waals surface area contributed by atoms with Crippen molar-refractivity contribution in [3.8, 4) is 5.75 Å². The zero-order chi connectivity index (χ0) is 16.7. The number of benzene rings is 2. The van der Waals surface area contributed by atoms with Crippen molar-refractivity contribution in [2.24, 2.45) is 5.16 Å². The molecule has 0 fully saturated rings. The molecule has 0 radical (unpaired) electrons. The van der Waals surface area contributed by atoms with Gasteiger partial charge in [-0.15, -0.1) is 0 Å². The van der Waals surface area contributed by atoms with Gasteiger partial charge in [0.25, 0.3) is 5.69 Å². The summed E-state index contributed by atoms with van der Waals surface area (Å²) in [5.41, 5.74) is 1.17. The van der Waals surface area contributed by atoms with E-state index in [1.54, 1.807) is 24.3 Å². The van der Waals surface area contributed by atoms with E-state index < -0.39 is 11.0 Å². The van der Waals surface area contributed by atoms with E-state index >= 15 is 0 Å². The Morgan fingerprint density at radius 3 is 2.65 bits per heavy atom. The maximum Gasteiger partial charge on any atom is 0.417 e. The first-order valence-corrected chi connectivity index (χ1v) is 6.48. The molecule has 0 aromatic heterocycles. The molecule has 23 heavy (non-hydrogen) atoms. The second-order valence-electron chi connectivity index (χ2n) is 4.31. The molecule has 0 saturated carbocycles. The van der Waals surface area contributed by atoms with Gasteiger partial charge in [0, 0.05) is 17.8 Å². The minimum Gasteiger partial charge on any atom is -0.410 e. The van der Waals surface area contributed by atoms with Gasteiger partial charge in [-0.1, -0.05) is 17.3 Å². The Hall–Kier alpha value is -3.42. The van der Waals surface area contributed by atoms with Crippen LogP contribution in [0.2, 0.25) is 0 Å². The SMILES string of the molecule is CO/N=C/c1cccc(NC(=O)Oc2ccc([N+](=O)[O-])cc2)c1. The number of hydrogen-bond acceptors (Lipinski definition) is 6. The van der Waals surface area contributed by atoms with Crippen LogP contribution < -0.4 is 10.1 Å². The van der Waals surface area contributed by atoms with Gasteiger partial charge in [0.15, 0.2) is 0 Å². The second-order valence-corrected chi connectivity index (χ2v) is 4.31. The maximum atomic E-state index is 11.8. The number of nitrogens with zero attached hydrogens (tertiary/aromatic N) is 2. The van der Waals surface area contributed by atoms with Crippen molar-refractivity contribution in [1.29, 1.82) is 0 Å². The van der Waals surface area contributed by atoms with Crippen LogP contribution in [0.1, 0.15) is 5.56 Å². The lowest BCUT2D eigenvalue weighted by Gasteiger charge is -2.07. The standard InChI is InChI=1S/C15H13N3O5/c1-22-16-10-11-3-2-4-12(9-11)17-15(19)23-14-7-5-13(6-8-14)18(20)21/h2-10H,1H3,(H,17,19)/b16-10+. The van der Waals surface area contributed by atoms with Gasteiger partial charge in [-0.2, -0.15) is 0 Å². The highest BCUT2D eigenvalue weighted by atomic mass is 16.6. The Kier molecular flexibility index (Phi) is 5.24. The van der Waals surface area contributed by atoms with E-state index in [0.29, 0.717) is 5.69 Å². The molecule has 0 heterocycles. The van der Waals surface area contributed by atoms with Gasteiger partial charge in [-0.05, 0) is 29.8 Å². The lowest BCUT2D eigenvalue weighted by atomic mass is 10.2. The average molecular weight is 315 g/mol. The first-order chi connectivity index (χ1) is 11.1. The number of oxime groups is 1. The van der Waals surface area contributed by atoms with Crippen molar-refractivity contribution in [3.63, 3.8) is 0 Å². The van der Waals surface area contributed by atoms with E-state index in [4.69, 9.17) is 4.74 Å². The highest BCUT2D eigenvalue weighted by Gasteiger charge is 2.08. The smallest absolute Gasteiger partial charge is 0.410 e. The van der Waals surface area contributed by atoms with Crippen molar-refractivity contribution < 1.29 is 19.3 Å². The van der Waals surface area contributed by atoms with Gasteiger partial charge in [0.05, 0.1) is 11.1 Å². The van der Waals surface area contributed by atoms with Crippen LogP contribution in [-0.4, -0.2) is 24.3 Å². The molecule has 0 saturated heterocycles. The van der Waals surface area contributed by atoms with Crippen LogP contribution in [-0.2, 0) is 4.84 Å². The molecular formula is C15H13N3O5. The fraction of sp³-hybridized carbons (Fsp3) is 0.0667. The van der Waals surface area contributed by atoms with Crippen LogP contribution in [0.3, 0.4) is 0 Å². The number of anilines is 1. The van der Waals surface area contributed by atoms with Crippen LogP contribution >= 0.6 is 0 Å². The second kappa shape index (κ2) is 7.55. The fourth-order valence-electron chi connectivity index (χ4n) is 1.70. The zero-order valence-corrected chi connectivity index (χ0v) is 12.1. The third-order valence-electron chi connectivity index (χ3n) is 2.70. The molecule has 0 unspecified atom stereocenters.